The Labute approximate surface area is 124 Å². The van der Waals surface area contributed by atoms with E-state index in [1.165, 1.54) is 0 Å². The van der Waals surface area contributed by atoms with Gasteiger partial charge in [-0.05, 0) is 35.2 Å². The summed E-state index contributed by atoms with van der Waals surface area (Å²) in [5.41, 5.74) is 2.75. The number of hydrogen-bond acceptors (Lipinski definition) is 1. The zero-order valence-electron chi connectivity index (χ0n) is 11.7. The maximum Gasteiger partial charge on any atom is 0.251 e. The number of carbonyl (C=O) groups excluding carboxylic acids is 1. The molecule has 2 rings (SSSR count). The van der Waals surface area contributed by atoms with Gasteiger partial charge in [-0.25, -0.2) is 0 Å². The van der Waals surface area contributed by atoms with Gasteiger partial charge in [0.1, 0.15) is 0 Å². The Morgan fingerprint density at radius 3 is 2.50 bits per heavy atom. The lowest BCUT2D eigenvalue weighted by Crippen LogP contribution is -2.24. The van der Waals surface area contributed by atoms with Gasteiger partial charge in [-0.3, -0.25) is 4.79 Å². The Hall–Kier alpha value is -1.80. The van der Waals surface area contributed by atoms with Gasteiger partial charge in [0, 0.05) is 17.1 Å². The number of rotatable bonds is 4. The second-order valence-electron chi connectivity index (χ2n) is 5.05. The van der Waals surface area contributed by atoms with Crippen molar-refractivity contribution in [2.45, 2.75) is 26.3 Å². The Bertz CT molecular complexity index is 593. The SMILES string of the molecule is CC(C)c1cc(Cl)ccc1C(=O)NCc1ccccc1. The number of nitrogens with one attached hydrogen (secondary N) is 1. The molecule has 0 spiro atoms. The maximum absolute atomic E-state index is 12.3. The summed E-state index contributed by atoms with van der Waals surface area (Å²) < 4.78 is 0. The van der Waals surface area contributed by atoms with Crippen LogP contribution in [0.2, 0.25) is 5.02 Å². The molecule has 20 heavy (non-hydrogen) atoms. The first-order valence-corrected chi connectivity index (χ1v) is 7.07. The van der Waals surface area contributed by atoms with Gasteiger partial charge in [-0.2, -0.15) is 0 Å². The topological polar surface area (TPSA) is 29.1 Å². The summed E-state index contributed by atoms with van der Waals surface area (Å²) in [6, 6.07) is 15.3. The van der Waals surface area contributed by atoms with Crippen LogP contribution >= 0.6 is 11.6 Å². The van der Waals surface area contributed by atoms with Crippen LogP contribution in [-0.2, 0) is 6.54 Å². The number of benzene rings is 2. The average Bonchev–Trinajstić information content (AvgIpc) is 2.45. The molecule has 2 nitrogen and oxygen atoms in total. The molecule has 104 valence electrons. The van der Waals surface area contributed by atoms with E-state index >= 15 is 0 Å². The molecule has 0 unspecified atom stereocenters. The average molecular weight is 288 g/mol. The van der Waals surface area contributed by atoms with E-state index in [0.717, 1.165) is 11.1 Å². The molecule has 1 amide bonds. The van der Waals surface area contributed by atoms with Gasteiger partial charge in [-0.1, -0.05) is 55.8 Å². The van der Waals surface area contributed by atoms with E-state index < -0.39 is 0 Å². The second kappa shape index (κ2) is 6.58. The van der Waals surface area contributed by atoms with Gasteiger partial charge in [0.15, 0.2) is 0 Å². The van der Waals surface area contributed by atoms with Crippen LogP contribution in [0.5, 0.6) is 0 Å². The van der Waals surface area contributed by atoms with Crippen molar-refractivity contribution in [3.05, 3.63) is 70.2 Å². The highest BCUT2D eigenvalue weighted by Gasteiger charge is 2.14. The first-order valence-electron chi connectivity index (χ1n) is 6.69. The maximum atomic E-state index is 12.3. The first-order chi connectivity index (χ1) is 9.58. The van der Waals surface area contributed by atoms with E-state index in [-0.39, 0.29) is 11.8 Å². The minimum atomic E-state index is -0.0609. The number of carbonyl (C=O) groups is 1. The van der Waals surface area contributed by atoms with Gasteiger partial charge in [0.05, 0.1) is 0 Å². The van der Waals surface area contributed by atoms with Crippen LogP contribution in [0, 0.1) is 0 Å². The summed E-state index contributed by atoms with van der Waals surface area (Å²) in [6.45, 7) is 4.64. The summed E-state index contributed by atoms with van der Waals surface area (Å²) in [4.78, 5) is 12.3. The monoisotopic (exact) mass is 287 g/mol. The summed E-state index contributed by atoms with van der Waals surface area (Å²) >= 11 is 6.01. The number of hydrogen-bond donors (Lipinski definition) is 1. The van der Waals surface area contributed by atoms with Gasteiger partial charge in [0.2, 0.25) is 0 Å². The third-order valence-corrected chi connectivity index (χ3v) is 3.41. The van der Waals surface area contributed by atoms with E-state index in [1.54, 1.807) is 12.1 Å². The third-order valence-electron chi connectivity index (χ3n) is 3.18. The molecule has 0 aromatic heterocycles. The van der Waals surface area contributed by atoms with Gasteiger partial charge >= 0.3 is 0 Å². The normalized spacial score (nSPS) is 10.6. The molecule has 1 N–H and O–H groups in total. The third kappa shape index (κ3) is 3.61. The fourth-order valence-electron chi connectivity index (χ4n) is 2.09. The van der Waals surface area contributed by atoms with Gasteiger partial charge in [0.25, 0.3) is 5.91 Å². The number of amides is 1. The molecule has 0 saturated heterocycles. The predicted octanol–water partition coefficient (Wildman–Crippen LogP) is 4.39. The van der Waals surface area contributed by atoms with Crippen LogP contribution in [0.15, 0.2) is 48.5 Å². The van der Waals surface area contributed by atoms with E-state index in [1.807, 2.05) is 36.4 Å². The molecule has 0 atom stereocenters. The fraction of sp³-hybridized carbons (Fsp3) is 0.235. The van der Waals surface area contributed by atoms with Crippen molar-refractivity contribution in [1.82, 2.24) is 5.32 Å². The minimum Gasteiger partial charge on any atom is -0.348 e. The lowest BCUT2D eigenvalue weighted by Gasteiger charge is -2.13. The van der Waals surface area contributed by atoms with Crippen molar-refractivity contribution in [1.29, 1.82) is 0 Å². The molecule has 0 fully saturated rings. The van der Waals surface area contributed by atoms with Crippen LogP contribution in [0.3, 0.4) is 0 Å². The van der Waals surface area contributed by atoms with E-state index in [9.17, 15) is 4.79 Å². The lowest BCUT2D eigenvalue weighted by atomic mass is 9.97. The highest BCUT2D eigenvalue weighted by Crippen LogP contribution is 2.23. The van der Waals surface area contributed by atoms with E-state index in [4.69, 9.17) is 11.6 Å². The zero-order valence-corrected chi connectivity index (χ0v) is 12.4. The molecule has 0 bridgehead atoms. The summed E-state index contributed by atoms with van der Waals surface area (Å²) in [5, 5.41) is 3.61. The van der Waals surface area contributed by atoms with Gasteiger partial charge in [-0.15, -0.1) is 0 Å². The second-order valence-corrected chi connectivity index (χ2v) is 5.49. The zero-order chi connectivity index (χ0) is 14.5. The van der Waals surface area contributed by atoms with Crippen molar-refractivity contribution >= 4 is 17.5 Å². The Morgan fingerprint density at radius 2 is 1.85 bits per heavy atom. The van der Waals surface area contributed by atoms with Crippen molar-refractivity contribution < 1.29 is 4.79 Å². The highest BCUT2D eigenvalue weighted by molar-refractivity contribution is 6.30. The molecular formula is C17H18ClNO. The molecule has 0 aliphatic rings. The summed E-state index contributed by atoms with van der Waals surface area (Å²) in [6.07, 6.45) is 0. The van der Waals surface area contributed by atoms with Crippen molar-refractivity contribution in [2.24, 2.45) is 0 Å². The number of halogens is 1. The van der Waals surface area contributed by atoms with Crippen molar-refractivity contribution in [2.75, 3.05) is 0 Å². The molecule has 2 aromatic carbocycles. The molecular weight excluding hydrogens is 270 g/mol. The van der Waals surface area contributed by atoms with Gasteiger partial charge < -0.3 is 5.32 Å². The molecule has 0 aliphatic carbocycles. The Kier molecular flexibility index (Phi) is 4.80. The lowest BCUT2D eigenvalue weighted by molar-refractivity contribution is 0.0949. The molecule has 0 saturated carbocycles. The van der Waals surface area contributed by atoms with Crippen LogP contribution in [0.25, 0.3) is 0 Å². The Balaban J connectivity index is 2.13. The standard InChI is InChI=1S/C17H18ClNO/c1-12(2)16-10-14(18)8-9-15(16)17(20)19-11-13-6-4-3-5-7-13/h3-10,12H,11H2,1-2H3,(H,19,20). The predicted molar refractivity (Wildman–Crippen MR) is 83.2 cm³/mol. The smallest absolute Gasteiger partial charge is 0.251 e. The quantitative estimate of drug-likeness (QED) is 0.887. The summed E-state index contributed by atoms with van der Waals surface area (Å²) in [7, 11) is 0. The molecule has 3 heteroatoms. The summed E-state index contributed by atoms with van der Waals surface area (Å²) in [5.74, 6) is 0.195. The largest absolute Gasteiger partial charge is 0.348 e. The van der Waals surface area contributed by atoms with E-state index in [0.29, 0.717) is 17.1 Å². The van der Waals surface area contributed by atoms with E-state index in [2.05, 4.69) is 19.2 Å². The highest BCUT2D eigenvalue weighted by atomic mass is 35.5. The Morgan fingerprint density at radius 1 is 1.15 bits per heavy atom. The molecule has 0 radical (unpaired) electrons. The van der Waals surface area contributed by atoms with Crippen molar-refractivity contribution in [3.8, 4) is 0 Å². The fourth-order valence-corrected chi connectivity index (χ4v) is 2.27. The first kappa shape index (κ1) is 14.6. The molecule has 0 aliphatic heterocycles. The van der Waals surface area contributed by atoms with Crippen LogP contribution in [0.1, 0.15) is 41.3 Å². The molecule has 2 aromatic rings. The minimum absolute atomic E-state index is 0.0609. The van der Waals surface area contributed by atoms with Crippen LogP contribution in [0.4, 0.5) is 0 Å². The molecule has 0 heterocycles. The van der Waals surface area contributed by atoms with Crippen LogP contribution < -0.4 is 5.32 Å². The van der Waals surface area contributed by atoms with Crippen molar-refractivity contribution in [3.63, 3.8) is 0 Å². The van der Waals surface area contributed by atoms with Crippen LogP contribution in [-0.4, -0.2) is 5.91 Å².